The lowest BCUT2D eigenvalue weighted by Gasteiger charge is -2.35. The van der Waals surface area contributed by atoms with Gasteiger partial charge >= 0.3 is 0 Å². The van der Waals surface area contributed by atoms with Crippen LogP contribution in [0.1, 0.15) is 106 Å². The largest absolute Gasteiger partial charge is 0.378 e. The summed E-state index contributed by atoms with van der Waals surface area (Å²) in [4.78, 5) is 47.1. The van der Waals surface area contributed by atoms with E-state index in [2.05, 4.69) is 50.1 Å². The minimum atomic E-state index is -4.49. The molecule has 0 unspecified atom stereocenters. The van der Waals surface area contributed by atoms with Crippen LogP contribution in [0.3, 0.4) is 0 Å². The van der Waals surface area contributed by atoms with E-state index in [0.717, 1.165) is 50.1 Å². The molecule has 28 nitrogen and oxygen atoms in total. The Kier molecular flexibility index (Phi) is 37.1. The van der Waals surface area contributed by atoms with E-state index < -0.39 is 69.2 Å². The van der Waals surface area contributed by atoms with Crippen LogP contribution in [-0.2, 0) is 103 Å². The number of carbonyl (C=O) groups is 3. The van der Waals surface area contributed by atoms with Gasteiger partial charge in [-0.25, -0.2) is 39.4 Å². The Morgan fingerprint density at radius 1 is 0.397 bits per heavy atom. The Morgan fingerprint density at radius 3 is 0.948 bits per heavy atom. The van der Waals surface area contributed by atoms with Crippen LogP contribution in [0.25, 0.3) is 0 Å². The topological polar surface area (TPSA) is 357 Å². The van der Waals surface area contributed by atoms with Crippen molar-refractivity contribution in [3.8, 4) is 0 Å². The lowest BCUT2D eigenvalue weighted by molar-refractivity contribution is -0.121. The number of rotatable bonds is 49. The van der Waals surface area contributed by atoms with Gasteiger partial charge in [-0.15, -0.1) is 0 Å². The van der Waals surface area contributed by atoms with Crippen LogP contribution in [0, 0.1) is 0 Å². The van der Waals surface area contributed by atoms with E-state index in [1.807, 2.05) is 57.5 Å². The van der Waals surface area contributed by atoms with Crippen molar-refractivity contribution in [3.63, 3.8) is 0 Å². The Labute approximate surface area is 710 Å². The molecular weight excluding hydrogens is 1710 g/mol. The van der Waals surface area contributed by atoms with Gasteiger partial charge in [0, 0.05) is 158 Å². The molecule has 3 amide bonds. The molecule has 6 aromatic carbocycles. The zero-order valence-electron chi connectivity index (χ0n) is 64.9. The first-order valence-corrected chi connectivity index (χ1v) is 46.3. The number of likely N-dealkylation sites (N-methyl/N-ethyl adjacent to an activating group) is 3. The minimum Gasteiger partial charge on any atom is -0.378 e. The quantitative estimate of drug-likeness (QED) is 0.0131. The van der Waals surface area contributed by atoms with Crippen molar-refractivity contribution in [1.82, 2.24) is 50.1 Å². The number of sulfonamides is 3. The zero-order valence-corrected chi connectivity index (χ0v) is 72.7. The predicted molar refractivity (Wildman–Crippen MR) is 448 cm³/mol. The number of ether oxygens (including phenoxy) is 6. The Balaban J connectivity index is 0.696. The summed E-state index contributed by atoms with van der Waals surface area (Å²) in [5, 5.41) is 14.7. The number of nitrogens with one attached hydrogen (secondary N) is 7. The molecule has 0 saturated carbocycles. The lowest BCUT2D eigenvalue weighted by Crippen LogP contribution is -2.49. The van der Waals surface area contributed by atoms with Crippen molar-refractivity contribution in [2.75, 3.05) is 172 Å². The summed E-state index contributed by atoms with van der Waals surface area (Å²) in [5.74, 6) is -2.47. The van der Waals surface area contributed by atoms with Gasteiger partial charge in [0.05, 0.1) is 99.7 Å². The highest BCUT2D eigenvalue weighted by Gasteiger charge is 2.35. The maximum Gasteiger partial charge on any atom is 0.266 e. The fourth-order valence-electron chi connectivity index (χ4n) is 14.2. The number of benzene rings is 6. The molecule has 9 rings (SSSR count). The molecule has 38 heteroatoms. The maximum atomic E-state index is 13.5. The third-order valence-electron chi connectivity index (χ3n) is 20.0. The number of hydrogen-bond acceptors (Lipinski definition) is 21. The molecule has 0 bridgehead atoms. The van der Waals surface area contributed by atoms with Crippen LogP contribution in [0.5, 0.6) is 0 Å². The molecule has 0 aliphatic carbocycles. The highest BCUT2D eigenvalue weighted by atomic mass is 35.5. The second-order valence-electron chi connectivity index (χ2n) is 28.7. The van der Waals surface area contributed by atoms with Crippen molar-refractivity contribution in [2.45, 2.75) is 96.1 Å². The number of fused-ring (bicyclic) bond motifs is 3. The molecule has 638 valence electrons. The van der Waals surface area contributed by atoms with Crippen LogP contribution in [0.2, 0.25) is 30.1 Å². The number of hydrogen-bond donors (Lipinski definition) is 8. The number of carbonyl (C=O) groups excluding carboxylic acids is 3. The molecule has 3 aliphatic heterocycles. The molecule has 3 aliphatic rings. The average molecular weight is 1810 g/mol. The predicted octanol–water partition coefficient (Wildman–Crippen LogP) is 8.58. The fraction of sp³-hybridized carbons (Fsp3) is 0.500. The first kappa shape index (κ1) is 94.6. The number of halogens is 6. The Bertz CT molecular complexity index is 4360. The van der Waals surface area contributed by atoms with Crippen LogP contribution >= 0.6 is 69.6 Å². The summed E-state index contributed by atoms with van der Waals surface area (Å²) in [7, 11) is -10.3. The lowest BCUT2D eigenvalue weighted by atomic mass is 9.83. The third kappa shape index (κ3) is 29.5. The van der Waals surface area contributed by atoms with E-state index in [-0.39, 0.29) is 196 Å². The van der Waals surface area contributed by atoms with E-state index in [9.17, 15) is 52.6 Å². The summed E-state index contributed by atoms with van der Waals surface area (Å²) >= 11 is 38.9. The molecule has 8 N–H and O–H groups in total. The molecule has 0 spiro atoms. The van der Waals surface area contributed by atoms with Gasteiger partial charge < -0.3 is 64.4 Å². The molecule has 6 aromatic rings. The Morgan fingerprint density at radius 2 is 0.672 bits per heavy atom. The first-order valence-electron chi connectivity index (χ1n) is 38.0. The van der Waals surface area contributed by atoms with Gasteiger partial charge in [-0.1, -0.05) is 106 Å². The van der Waals surface area contributed by atoms with Gasteiger partial charge in [0.25, 0.3) is 10.1 Å². The molecule has 0 saturated heterocycles. The van der Waals surface area contributed by atoms with Crippen LogP contribution < -0.4 is 35.4 Å². The molecule has 0 fully saturated rings. The fourth-order valence-corrected chi connectivity index (χ4v) is 19.5. The number of amides is 3. The van der Waals surface area contributed by atoms with Crippen LogP contribution in [-0.4, -0.2) is 248 Å². The molecular formula is C78H102Cl6N10O18S4. The summed E-state index contributed by atoms with van der Waals surface area (Å²) in [6.45, 7) is 4.76. The highest BCUT2D eigenvalue weighted by Crippen LogP contribution is 2.42. The standard InChI is InChI=1S/C78H102Cl6N10O18S4/c1-92-48-66(63-42-57(79)45-72(82)69(63)51-92)54-7-4-10-60(39-54)114(101,102)89-22-29-110-35-32-107-26-19-85-75(95)13-16-78(88-25-38-113(98,99)100,17-14-76(96)86-20-27-108-33-36-111-30-23-90-115(103,104)61-11-5-8-55(40-61)67-49-93(2)52-70-64(67)43-58(80)46-73(70)83)18-15-77(97)87-21-28-109-34-37-112-31-24-91-116(105,106)62-12-6-9-56(41-62)68-50-94(3)53-71-65(68)44-59(81)47-74(71)84/h4-12,39-47,66-68,88-91H,13-38,48-53H2,1-3H3,(H,85,95)(H,86,96)(H,87,97)(H,98,99,100)/t66-,67-,68-/m0/s1. The summed E-state index contributed by atoms with van der Waals surface area (Å²) in [5.41, 5.74) is 6.86. The summed E-state index contributed by atoms with van der Waals surface area (Å²) in [6, 6.07) is 31.0. The van der Waals surface area contributed by atoms with E-state index in [1.54, 1.807) is 54.6 Å². The van der Waals surface area contributed by atoms with Gasteiger partial charge in [-0.05, 0) is 163 Å². The van der Waals surface area contributed by atoms with E-state index >= 15 is 0 Å². The zero-order chi connectivity index (χ0) is 83.6. The molecule has 116 heavy (non-hydrogen) atoms. The summed E-state index contributed by atoms with van der Waals surface area (Å²) in [6.07, 6.45) is -0.386. The van der Waals surface area contributed by atoms with E-state index in [4.69, 9.17) is 98.0 Å². The van der Waals surface area contributed by atoms with Crippen molar-refractivity contribution < 1.29 is 81.0 Å². The first-order chi connectivity index (χ1) is 55.3. The van der Waals surface area contributed by atoms with E-state index in [1.165, 1.54) is 18.2 Å². The highest BCUT2D eigenvalue weighted by molar-refractivity contribution is 7.90. The van der Waals surface area contributed by atoms with Gasteiger partial charge in [-0.3, -0.25) is 18.9 Å². The van der Waals surface area contributed by atoms with Gasteiger partial charge in [0.1, 0.15) is 0 Å². The molecule has 3 atom stereocenters. The van der Waals surface area contributed by atoms with Crippen LogP contribution in [0.15, 0.2) is 124 Å². The Hall–Kier alpha value is -5.29. The third-order valence-corrected chi connectivity index (χ3v) is 26.7. The van der Waals surface area contributed by atoms with Gasteiger partial charge in [0.2, 0.25) is 47.8 Å². The second-order valence-corrected chi connectivity index (χ2v) is 38.1. The monoisotopic (exact) mass is 1800 g/mol. The van der Waals surface area contributed by atoms with Crippen molar-refractivity contribution >= 4 is 128 Å². The van der Waals surface area contributed by atoms with Crippen molar-refractivity contribution in [2.24, 2.45) is 0 Å². The SMILES string of the molecule is CN1Cc2c(Cl)cc(Cl)cc2[C@H](c2cccc(S(=O)(=O)NCCOCCOCCNC(=O)CCC(CCC(=O)NCCOCCOCCNS(=O)(=O)c3cccc([C@@H]4CN(C)Cc5c(Cl)cc(Cl)cc54)c3)(CCC(=O)NCCOCCOCCNS(=O)(=O)c3cccc([C@@H]4CN(C)Cc5c(Cl)cc(Cl)cc54)c3)NCCS(=O)(=O)O)c2)C1. The number of nitrogens with zero attached hydrogens (tertiary/aromatic N) is 3. The smallest absolute Gasteiger partial charge is 0.266 e. The van der Waals surface area contributed by atoms with Crippen molar-refractivity contribution in [1.29, 1.82) is 0 Å². The molecule has 3 heterocycles. The van der Waals surface area contributed by atoms with Crippen molar-refractivity contribution in [3.05, 3.63) is 189 Å². The molecule has 0 radical (unpaired) electrons. The second kappa shape index (κ2) is 45.6. The molecule has 0 aromatic heterocycles. The summed E-state index contributed by atoms with van der Waals surface area (Å²) < 4.78 is 156. The minimum absolute atomic E-state index is 0.0154. The van der Waals surface area contributed by atoms with E-state index in [0.29, 0.717) is 69.4 Å². The van der Waals surface area contributed by atoms with Crippen LogP contribution in [0.4, 0.5) is 0 Å². The van der Waals surface area contributed by atoms with Gasteiger partial charge in [0.15, 0.2) is 0 Å². The average Bonchev–Trinajstić information content (AvgIpc) is 0.781. The maximum absolute atomic E-state index is 13.5. The normalized spacial score (nSPS) is 16.4. The van der Waals surface area contributed by atoms with Gasteiger partial charge in [-0.2, -0.15) is 8.42 Å².